The SMILES string of the molecule is NCCCCC(NC(=O)C(N)Cc1ccccc1)C(=O)NC(CCCN=C(N)N)C(=O)NC(Cc1ccccc1)C(=O)O. The number of aliphatic imine (C=N–C) groups is 1. The van der Waals surface area contributed by atoms with E-state index in [-0.39, 0.29) is 38.2 Å². The molecule has 0 aliphatic heterocycles. The van der Waals surface area contributed by atoms with Crippen molar-refractivity contribution in [3.63, 3.8) is 0 Å². The predicted molar refractivity (Wildman–Crippen MR) is 165 cm³/mol. The van der Waals surface area contributed by atoms with Crippen LogP contribution < -0.4 is 38.9 Å². The van der Waals surface area contributed by atoms with Gasteiger partial charge < -0.3 is 44.0 Å². The van der Waals surface area contributed by atoms with Crippen LogP contribution in [0.4, 0.5) is 0 Å². The number of carboxylic acids is 1. The monoisotopic (exact) mass is 596 g/mol. The molecule has 12 N–H and O–H groups in total. The third kappa shape index (κ3) is 13.4. The molecule has 2 aromatic carbocycles. The summed E-state index contributed by atoms with van der Waals surface area (Å²) in [5.74, 6) is -3.14. The fourth-order valence-electron chi connectivity index (χ4n) is 4.37. The average molecular weight is 597 g/mol. The highest BCUT2D eigenvalue weighted by Gasteiger charge is 2.30. The lowest BCUT2D eigenvalue weighted by atomic mass is 10.0. The zero-order valence-electron chi connectivity index (χ0n) is 24.3. The zero-order valence-corrected chi connectivity index (χ0v) is 24.3. The summed E-state index contributed by atoms with van der Waals surface area (Å²) < 4.78 is 0. The molecule has 2 aromatic rings. The maximum absolute atomic E-state index is 13.5. The van der Waals surface area contributed by atoms with Crippen molar-refractivity contribution in [2.75, 3.05) is 13.1 Å². The smallest absolute Gasteiger partial charge is 0.326 e. The van der Waals surface area contributed by atoms with Gasteiger partial charge in [-0.25, -0.2) is 4.79 Å². The number of nitrogens with zero attached hydrogens (tertiary/aromatic N) is 1. The Hall–Kier alpha value is -4.49. The lowest BCUT2D eigenvalue weighted by Gasteiger charge is -2.25. The number of unbranched alkanes of at least 4 members (excludes halogenated alkanes) is 1. The summed E-state index contributed by atoms with van der Waals surface area (Å²) in [5.41, 5.74) is 24.1. The van der Waals surface area contributed by atoms with Gasteiger partial charge in [-0.15, -0.1) is 0 Å². The molecule has 13 nitrogen and oxygen atoms in total. The van der Waals surface area contributed by atoms with Crippen molar-refractivity contribution in [1.82, 2.24) is 16.0 Å². The number of carbonyl (C=O) groups is 4. The van der Waals surface area contributed by atoms with Gasteiger partial charge in [-0.1, -0.05) is 60.7 Å². The standard InChI is InChI=1S/C30H44N8O5/c31-16-8-7-14-23(36-26(39)22(32)18-20-10-3-1-4-11-20)27(40)37-24(15-9-17-35-30(33)34)28(41)38-25(29(42)43)19-21-12-5-2-6-13-21/h1-6,10-13,22-25H,7-9,14-19,31-32H2,(H,36,39)(H,37,40)(H,38,41)(H,42,43)(H4,33,34,35). The molecule has 0 aliphatic carbocycles. The number of hydrogen-bond donors (Lipinski definition) is 8. The van der Waals surface area contributed by atoms with Crippen LogP contribution in [0.1, 0.15) is 43.2 Å². The number of benzene rings is 2. The van der Waals surface area contributed by atoms with Gasteiger partial charge >= 0.3 is 5.97 Å². The van der Waals surface area contributed by atoms with Gasteiger partial charge in [0.2, 0.25) is 17.7 Å². The summed E-state index contributed by atoms with van der Waals surface area (Å²) >= 11 is 0. The maximum Gasteiger partial charge on any atom is 0.326 e. The van der Waals surface area contributed by atoms with Gasteiger partial charge in [-0.3, -0.25) is 19.4 Å². The van der Waals surface area contributed by atoms with E-state index in [1.807, 2.05) is 30.3 Å². The predicted octanol–water partition coefficient (Wildman–Crippen LogP) is -0.479. The highest BCUT2D eigenvalue weighted by atomic mass is 16.4. The fourth-order valence-corrected chi connectivity index (χ4v) is 4.37. The van der Waals surface area contributed by atoms with Crippen LogP contribution in [-0.4, -0.2) is 72.0 Å². The first-order valence-electron chi connectivity index (χ1n) is 14.3. The summed E-state index contributed by atoms with van der Waals surface area (Å²) in [7, 11) is 0. The second kappa shape index (κ2) is 18.8. The molecule has 3 amide bonds. The Morgan fingerprint density at radius 3 is 1.70 bits per heavy atom. The molecule has 0 bridgehead atoms. The van der Waals surface area contributed by atoms with Crippen LogP contribution >= 0.6 is 0 Å². The topological polar surface area (TPSA) is 241 Å². The fraction of sp³-hybridized carbons (Fsp3) is 0.433. The number of carbonyl (C=O) groups excluding carboxylic acids is 3. The van der Waals surface area contributed by atoms with Crippen LogP contribution in [0.15, 0.2) is 65.7 Å². The molecule has 4 atom stereocenters. The van der Waals surface area contributed by atoms with Gasteiger partial charge in [0.15, 0.2) is 5.96 Å². The van der Waals surface area contributed by atoms with Crippen LogP contribution in [0.25, 0.3) is 0 Å². The molecule has 0 saturated carbocycles. The summed E-state index contributed by atoms with van der Waals surface area (Å²) in [5, 5.41) is 17.7. The molecular formula is C30H44N8O5. The Bertz CT molecular complexity index is 1190. The first kappa shape index (κ1) is 34.7. The molecule has 4 unspecified atom stereocenters. The largest absolute Gasteiger partial charge is 0.480 e. The number of rotatable bonds is 19. The molecule has 13 heteroatoms. The lowest BCUT2D eigenvalue weighted by molar-refractivity contribution is -0.142. The van der Waals surface area contributed by atoms with Crippen LogP contribution in [0.5, 0.6) is 0 Å². The Labute approximate surface area is 251 Å². The summed E-state index contributed by atoms with van der Waals surface area (Å²) in [6.45, 7) is 0.600. The molecule has 0 fully saturated rings. The third-order valence-electron chi connectivity index (χ3n) is 6.69. The minimum absolute atomic E-state index is 0.0493. The van der Waals surface area contributed by atoms with Gasteiger partial charge in [0.25, 0.3) is 0 Å². The van der Waals surface area contributed by atoms with Crippen LogP contribution in [0.2, 0.25) is 0 Å². The summed E-state index contributed by atoms with van der Waals surface area (Å²) in [6.07, 6.45) is 2.19. The molecule has 0 radical (unpaired) electrons. The second-order valence-corrected chi connectivity index (χ2v) is 10.2. The number of aliphatic carboxylic acids is 1. The number of carboxylic acid groups (broad SMARTS) is 1. The summed E-state index contributed by atoms with van der Waals surface area (Å²) in [6, 6.07) is 13.9. The van der Waals surface area contributed by atoms with E-state index in [0.29, 0.717) is 25.8 Å². The first-order valence-corrected chi connectivity index (χ1v) is 14.3. The highest BCUT2D eigenvalue weighted by Crippen LogP contribution is 2.09. The number of hydrogen-bond acceptors (Lipinski definition) is 7. The van der Waals surface area contributed by atoms with E-state index >= 15 is 0 Å². The number of nitrogens with two attached hydrogens (primary N) is 4. The quantitative estimate of drug-likeness (QED) is 0.0592. The normalized spacial score (nSPS) is 13.5. The van der Waals surface area contributed by atoms with Gasteiger partial charge in [0.05, 0.1) is 6.04 Å². The minimum Gasteiger partial charge on any atom is -0.480 e. The Balaban J connectivity index is 2.17. The van der Waals surface area contributed by atoms with Gasteiger partial charge in [0.1, 0.15) is 18.1 Å². The van der Waals surface area contributed by atoms with Gasteiger partial charge in [-0.05, 0) is 56.2 Å². The van der Waals surface area contributed by atoms with E-state index in [9.17, 15) is 24.3 Å². The van der Waals surface area contributed by atoms with Crippen LogP contribution in [0.3, 0.4) is 0 Å². The van der Waals surface area contributed by atoms with Crippen LogP contribution in [0, 0.1) is 0 Å². The molecule has 234 valence electrons. The van der Waals surface area contributed by atoms with Crippen molar-refractivity contribution in [3.05, 3.63) is 71.8 Å². The van der Waals surface area contributed by atoms with E-state index < -0.39 is 47.9 Å². The molecule has 0 heterocycles. The van der Waals surface area contributed by atoms with Crippen molar-refractivity contribution in [2.24, 2.45) is 27.9 Å². The third-order valence-corrected chi connectivity index (χ3v) is 6.69. The Kier molecular flexibility index (Phi) is 15.2. The molecule has 2 rings (SSSR count). The first-order chi connectivity index (χ1) is 20.6. The second-order valence-electron chi connectivity index (χ2n) is 10.2. The molecular weight excluding hydrogens is 552 g/mol. The maximum atomic E-state index is 13.5. The number of nitrogens with one attached hydrogen (secondary N) is 3. The van der Waals surface area contributed by atoms with Crippen molar-refractivity contribution in [1.29, 1.82) is 0 Å². The van der Waals surface area contributed by atoms with Crippen molar-refractivity contribution < 1.29 is 24.3 Å². The van der Waals surface area contributed by atoms with E-state index in [2.05, 4.69) is 20.9 Å². The Morgan fingerprint density at radius 2 is 1.19 bits per heavy atom. The van der Waals surface area contributed by atoms with E-state index in [1.165, 1.54) is 0 Å². The van der Waals surface area contributed by atoms with E-state index in [4.69, 9.17) is 22.9 Å². The molecule has 0 saturated heterocycles. The lowest BCUT2D eigenvalue weighted by Crippen LogP contribution is -2.57. The van der Waals surface area contributed by atoms with E-state index in [1.54, 1.807) is 30.3 Å². The van der Waals surface area contributed by atoms with Crippen LogP contribution in [-0.2, 0) is 32.0 Å². The zero-order chi connectivity index (χ0) is 31.6. The van der Waals surface area contributed by atoms with E-state index in [0.717, 1.165) is 11.1 Å². The minimum atomic E-state index is -1.23. The van der Waals surface area contributed by atoms with Gasteiger partial charge in [0, 0.05) is 13.0 Å². The van der Waals surface area contributed by atoms with Gasteiger partial charge in [-0.2, -0.15) is 0 Å². The molecule has 0 aliphatic rings. The molecule has 0 spiro atoms. The molecule has 0 aromatic heterocycles. The highest BCUT2D eigenvalue weighted by molar-refractivity contribution is 5.94. The summed E-state index contributed by atoms with van der Waals surface area (Å²) in [4.78, 5) is 55.6. The van der Waals surface area contributed by atoms with Crippen molar-refractivity contribution in [3.8, 4) is 0 Å². The number of guanidine groups is 1. The number of amides is 3. The van der Waals surface area contributed by atoms with Crippen molar-refractivity contribution in [2.45, 2.75) is 69.1 Å². The molecule has 43 heavy (non-hydrogen) atoms. The Morgan fingerprint density at radius 1 is 0.698 bits per heavy atom. The van der Waals surface area contributed by atoms with Crippen molar-refractivity contribution >= 4 is 29.7 Å². The average Bonchev–Trinajstić information content (AvgIpc) is 2.98.